The molecule has 1 rings (SSSR count). The number of alkyl halides is 1. The van der Waals surface area contributed by atoms with Crippen LogP contribution in [-0.4, -0.2) is 19.9 Å². The fraction of sp³-hybridized carbons (Fsp3) is 0.500. The third-order valence-electron chi connectivity index (χ3n) is 2.78. The van der Waals surface area contributed by atoms with Gasteiger partial charge in [-0.25, -0.2) is 0 Å². The fourth-order valence-corrected chi connectivity index (χ4v) is 3.11. The van der Waals surface area contributed by atoms with Crippen LogP contribution in [0.3, 0.4) is 0 Å². The molecule has 1 aromatic carbocycles. The van der Waals surface area contributed by atoms with Crippen molar-refractivity contribution in [2.24, 2.45) is 0 Å². The molecule has 4 nitrogen and oxygen atoms in total. The first-order valence-corrected chi connectivity index (χ1v) is 8.75. The molecular formula is C14H18BrNO3S. The van der Waals surface area contributed by atoms with Crippen LogP contribution in [0.15, 0.2) is 29.2 Å². The molecule has 0 aliphatic heterocycles. The van der Waals surface area contributed by atoms with E-state index in [1.165, 1.54) is 0 Å². The van der Waals surface area contributed by atoms with Crippen LogP contribution in [0.1, 0.15) is 31.2 Å². The van der Waals surface area contributed by atoms with Crippen molar-refractivity contribution in [3.05, 3.63) is 29.8 Å². The maximum absolute atomic E-state index is 11.9. The molecule has 0 saturated heterocycles. The van der Waals surface area contributed by atoms with E-state index in [1.807, 2.05) is 6.92 Å². The quantitative estimate of drug-likeness (QED) is 0.404. The van der Waals surface area contributed by atoms with Crippen LogP contribution < -0.4 is 0 Å². The molecule has 0 aliphatic rings. The van der Waals surface area contributed by atoms with E-state index in [1.54, 1.807) is 24.3 Å². The first-order chi connectivity index (χ1) is 9.45. The second kappa shape index (κ2) is 8.40. The molecule has 0 aromatic heterocycles. The van der Waals surface area contributed by atoms with Gasteiger partial charge in [0.15, 0.2) is 0 Å². The third kappa shape index (κ3) is 6.04. The largest absolute Gasteiger partial charge is 0.296 e. The minimum absolute atomic E-state index is 0.158. The first-order valence-electron chi connectivity index (χ1n) is 6.43. The van der Waals surface area contributed by atoms with Gasteiger partial charge in [-0.2, -0.15) is 13.7 Å². The number of halogens is 1. The first kappa shape index (κ1) is 17.2. The van der Waals surface area contributed by atoms with Gasteiger partial charge >= 0.3 is 0 Å². The van der Waals surface area contributed by atoms with Crippen molar-refractivity contribution < 1.29 is 12.6 Å². The summed E-state index contributed by atoms with van der Waals surface area (Å²) in [4.78, 5) is 0.413. The van der Waals surface area contributed by atoms with E-state index >= 15 is 0 Å². The maximum atomic E-state index is 11.9. The molecular weight excluding hydrogens is 342 g/mol. The number of nitriles is 1. The number of hydrogen-bond donors (Lipinski definition) is 0. The highest BCUT2D eigenvalue weighted by Gasteiger charge is 2.14. The average Bonchev–Trinajstić information content (AvgIpc) is 2.42. The monoisotopic (exact) mass is 359 g/mol. The Morgan fingerprint density at radius 3 is 2.55 bits per heavy atom. The molecule has 0 spiro atoms. The Kier molecular flexibility index (Phi) is 7.20. The minimum atomic E-state index is -3.66. The van der Waals surface area contributed by atoms with Crippen LogP contribution in [0.2, 0.25) is 0 Å². The zero-order valence-electron chi connectivity index (χ0n) is 11.4. The van der Waals surface area contributed by atoms with Crippen LogP contribution in [0.5, 0.6) is 0 Å². The lowest BCUT2D eigenvalue weighted by Crippen LogP contribution is -2.09. The molecule has 110 valence electrons. The summed E-state index contributed by atoms with van der Waals surface area (Å²) in [5.41, 5.74) is 1.00. The van der Waals surface area contributed by atoms with Gasteiger partial charge < -0.3 is 0 Å². The van der Waals surface area contributed by atoms with Gasteiger partial charge in [-0.05, 0) is 38.3 Å². The summed E-state index contributed by atoms with van der Waals surface area (Å²) < 4.78 is 28.8. The number of benzene rings is 1. The number of nitrogens with zero attached hydrogens (tertiary/aromatic N) is 1. The Labute approximate surface area is 129 Å². The van der Waals surface area contributed by atoms with Crippen LogP contribution in [0.4, 0.5) is 0 Å². The fourth-order valence-electron chi connectivity index (χ4n) is 1.61. The molecule has 0 heterocycles. The number of aryl methyl sites for hydroxylation is 1. The molecule has 0 bridgehead atoms. The highest BCUT2D eigenvalue weighted by atomic mass is 79.9. The van der Waals surface area contributed by atoms with E-state index in [2.05, 4.69) is 22.0 Å². The average molecular weight is 360 g/mol. The zero-order chi connectivity index (χ0) is 15.0. The van der Waals surface area contributed by atoms with Gasteiger partial charge in [-0.1, -0.05) is 33.6 Å². The van der Waals surface area contributed by atoms with E-state index in [9.17, 15) is 8.42 Å². The number of hydrogen-bond acceptors (Lipinski definition) is 4. The summed E-state index contributed by atoms with van der Waals surface area (Å²) in [7, 11) is -3.66. The van der Waals surface area contributed by atoms with Crippen LogP contribution in [-0.2, 0) is 14.3 Å². The smallest absolute Gasteiger partial charge is 0.266 e. The Morgan fingerprint density at radius 1 is 1.30 bits per heavy atom. The predicted octanol–water partition coefficient (Wildman–Crippen LogP) is 3.55. The van der Waals surface area contributed by atoms with Crippen LogP contribution in [0.25, 0.3) is 0 Å². The normalized spacial score (nSPS) is 12.8. The topological polar surface area (TPSA) is 67.2 Å². The molecule has 0 fully saturated rings. The van der Waals surface area contributed by atoms with Gasteiger partial charge in [-0.3, -0.25) is 4.18 Å². The molecule has 1 aromatic rings. The Hall–Kier alpha value is -0.900. The Bertz CT molecular complexity index is 549. The molecule has 0 N–H and O–H groups in total. The molecule has 0 amide bonds. The molecule has 0 aliphatic carbocycles. The summed E-state index contributed by atoms with van der Waals surface area (Å²) in [5, 5.41) is 8.46. The lowest BCUT2D eigenvalue weighted by molar-refractivity contribution is 0.307. The van der Waals surface area contributed by atoms with E-state index in [0.717, 1.165) is 18.4 Å². The van der Waals surface area contributed by atoms with Crippen molar-refractivity contribution in [3.8, 4) is 6.07 Å². The standard InChI is InChI=1S/C14H18BrNO3S/c1-12-6-8-14(9-7-12)20(17,18)19-11-3-5-13(15)4-2-10-16/h6-9,13H,2-5,11H2,1H3. The SMILES string of the molecule is Cc1ccc(S(=O)(=O)OCCCC(Br)CCC#N)cc1. The maximum Gasteiger partial charge on any atom is 0.296 e. The predicted molar refractivity (Wildman–Crippen MR) is 81.1 cm³/mol. The molecule has 20 heavy (non-hydrogen) atoms. The molecule has 6 heteroatoms. The highest BCUT2D eigenvalue weighted by molar-refractivity contribution is 9.09. The van der Waals surface area contributed by atoms with Crippen LogP contribution >= 0.6 is 15.9 Å². The van der Waals surface area contributed by atoms with Crippen molar-refractivity contribution in [1.29, 1.82) is 5.26 Å². The Morgan fingerprint density at radius 2 is 1.95 bits per heavy atom. The summed E-state index contributed by atoms with van der Waals surface area (Å²) in [5.74, 6) is 0. The van der Waals surface area contributed by atoms with E-state index in [4.69, 9.17) is 9.44 Å². The summed E-state index contributed by atoms with van der Waals surface area (Å²) in [6, 6.07) is 8.66. The van der Waals surface area contributed by atoms with E-state index < -0.39 is 10.1 Å². The number of rotatable bonds is 8. The van der Waals surface area contributed by atoms with Crippen molar-refractivity contribution in [2.45, 2.75) is 42.3 Å². The van der Waals surface area contributed by atoms with Crippen molar-refractivity contribution in [3.63, 3.8) is 0 Å². The van der Waals surface area contributed by atoms with Gasteiger partial charge in [0, 0.05) is 11.2 Å². The van der Waals surface area contributed by atoms with Crippen LogP contribution in [0, 0.1) is 18.3 Å². The van der Waals surface area contributed by atoms with Gasteiger partial charge in [-0.15, -0.1) is 0 Å². The second-order valence-electron chi connectivity index (χ2n) is 4.53. The minimum Gasteiger partial charge on any atom is -0.266 e. The lowest BCUT2D eigenvalue weighted by atomic mass is 10.2. The highest BCUT2D eigenvalue weighted by Crippen LogP contribution is 2.16. The van der Waals surface area contributed by atoms with Gasteiger partial charge in [0.05, 0.1) is 17.6 Å². The molecule has 0 saturated carbocycles. The second-order valence-corrected chi connectivity index (χ2v) is 7.44. The van der Waals surface area contributed by atoms with Crippen molar-refractivity contribution >= 4 is 26.0 Å². The zero-order valence-corrected chi connectivity index (χ0v) is 13.8. The molecule has 1 unspecified atom stereocenters. The van der Waals surface area contributed by atoms with E-state index in [0.29, 0.717) is 12.8 Å². The Balaban J connectivity index is 2.37. The van der Waals surface area contributed by atoms with E-state index in [-0.39, 0.29) is 16.3 Å². The summed E-state index contributed by atoms with van der Waals surface area (Å²) >= 11 is 3.46. The molecule has 1 atom stereocenters. The summed E-state index contributed by atoms with van der Waals surface area (Å²) in [6.07, 6.45) is 2.68. The van der Waals surface area contributed by atoms with Gasteiger partial charge in [0.25, 0.3) is 10.1 Å². The van der Waals surface area contributed by atoms with Crippen molar-refractivity contribution in [1.82, 2.24) is 0 Å². The van der Waals surface area contributed by atoms with Gasteiger partial charge in [0.1, 0.15) is 0 Å². The van der Waals surface area contributed by atoms with Crippen molar-refractivity contribution in [2.75, 3.05) is 6.61 Å². The lowest BCUT2D eigenvalue weighted by Gasteiger charge is -2.08. The molecule has 0 radical (unpaired) electrons. The van der Waals surface area contributed by atoms with Gasteiger partial charge in [0.2, 0.25) is 0 Å². The summed E-state index contributed by atoms with van der Waals surface area (Å²) in [6.45, 7) is 2.06. The third-order valence-corrected chi connectivity index (χ3v) is 5.02.